The Balaban J connectivity index is 1.20. The van der Waals surface area contributed by atoms with Crippen molar-refractivity contribution in [3.63, 3.8) is 0 Å². The molecule has 256 valence electrons. The van der Waals surface area contributed by atoms with Crippen LogP contribution in [0, 0.1) is 0 Å². The van der Waals surface area contributed by atoms with Crippen LogP contribution in [0.3, 0.4) is 0 Å². The lowest BCUT2D eigenvalue weighted by Gasteiger charge is -2.26. The first-order valence-electron chi connectivity index (χ1n) is 15.6. The summed E-state index contributed by atoms with van der Waals surface area (Å²) in [6.07, 6.45) is 0.179. The van der Waals surface area contributed by atoms with Crippen molar-refractivity contribution in [3.05, 3.63) is 119 Å². The largest absolute Gasteiger partial charge is 0.343 e. The molecule has 0 saturated heterocycles. The topological polar surface area (TPSA) is 142 Å². The molecule has 0 aliphatic heterocycles. The third kappa shape index (κ3) is 8.40. The highest BCUT2D eigenvalue weighted by molar-refractivity contribution is 7.90. The number of carbonyl (C=O) groups is 3. The fourth-order valence-electron chi connectivity index (χ4n) is 5.58. The van der Waals surface area contributed by atoms with Crippen molar-refractivity contribution in [2.24, 2.45) is 0 Å². The summed E-state index contributed by atoms with van der Waals surface area (Å²) in [5, 5.41) is 2.66. The molecule has 0 bridgehead atoms. The van der Waals surface area contributed by atoms with Gasteiger partial charge in [-0.15, -0.1) is 22.7 Å². The van der Waals surface area contributed by atoms with Crippen molar-refractivity contribution in [2.45, 2.75) is 24.9 Å². The third-order valence-corrected chi connectivity index (χ3v) is 11.1. The average molecular weight is 727 g/mol. The van der Waals surface area contributed by atoms with Crippen LogP contribution in [0.25, 0.3) is 20.4 Å². The molecular formula is C36H34N6O5S3. The molecule has 0 spiro atoms. The second kappa shape index (κ2) is 15.3. The SMILES string of the molecule is CN(C(=O)C(Cc1ccccc1)NC(=O)CS(=O)(=O)N[C@@H](Cc1ccccc1)C(=O)N(C)c1ccc2scnc2c1)c1ccc2scnc2c1. The highest BCUT2D eigenvalue weighted by atomic mass is 32.2. The number of rotatable bonds is 13. The molecular weight excluding hydrogens is 693 g/mol. The van der Waals surface area contributed by atoms with Crippen LogP contribution < -0.4 is 19.8 Å². The summed E-state index contributed by atoms with van der Waals surface area (Å²) in [7, 11) is -1.21. The number of fused-ring (bicyclic) bond motifs is 2. The number of hydrogen-bond donors (Lipinski definition) is 2. The molecule has 2 heterocycles. The van der Waals surface area contributed by atoms with Crippen molar-refractivity contribution >= 4 is 82.2 Å². The van der Waals surface area contributed by atoms with E-state index in [9.17, 15) is 22.8 Å². The molecule has 0 radical (unpaired) electrons. The van der Waals surface area contributed by atoms with E-state index in [1.807, 2.05) is 48.5 Å². The fourth-order valence-corrected chi connectivity index (χ4v) is 8.02. The van der Waals surface area contributed by atoms with Crippen molar-refractivity contribution in [2.75, 3.05) is 29.6 Å². The number of benzene rings is 4. The van der Waals surface area contributed by atoms with Gasteiger partial charge < -0.3 is 15.1 Å². The summed E-state index contributed by atoms with van der Waals surface area (Å²) in [6.45, 7) is 0. The van der Waals surface area contributed by atoms with Crippen molar-refractivity contribution in [3.8, 4) is 0 Å². The smallest absolute Gasteiger partial charge is 0.249 e. The summed E-state index contributed by atoms with van der Waals surface area (Å²) in [4.78, 5) is 52.6. The Morgan fingerprint density at radius 2 is 1.14 bits per heavy atom. The first-order valence-corrected chi connectivity index (χ1v) is 19.1. The molecule has 4 aromatic carbocycles. The van der Waals surface area contributed by atoms with E-state index in [0.717, 1.165) is 31.6 Å². The molecule has 6 rings (SSSR count). The maximum Gasteiger partial charge on any atom is 0.249 e. The Hall–Kier alpha value is -5.02. The minimum absolute atomic E-state index is 0.0487. The van der Waals surface area contributed by atoms with E-state index in [4.69, 9.17) is 0 Å². The first-order chi connectivity index (χ1) is 24.1. The molecule has 2 N–H and O–H groups in total. The van der Waals surface area contributed by atoms with Crippen LogP contribution in [0.2, 0.25) is 0 Å². The Morgan fingerprint density at radius 1 is 0.680 bits per heavy atom. The van der Waals surface area contributed by atoms with Gasteiger partial charge in [0.2, 0.25) is 27.7 Å². The van der Waals surface area contributed by atoms with E-state index in [2.05, 4.69) is 20.0 Å². The standard InChI is InChI=1S/C36H34N6O5S3/c1-41(26-13-15-32-28(19-26)37-22-48-32)35(44)30(17-24-9-5-3-6-10-24)39-34(43)21-50(46,47)40-31(18-25-11-7-4-8-12-25)36(45)42(2)27-14-16-33-29(20-27)38-23-49-33/h3-16,19-20,22-23,30-31,40H,17-18,21H2,1-2H3,(H,39,43)/t30?,31-/m0/s1. The van der Waals surface area contributed by atoms with Gasteiger partial charge in [0.25, 0.3) is 0 Å². The van der Waals surface area contributed by atoms with E-state index < -0.39 is 45.6 Å². The Bertz CT molecular complexity index is 2240. The molecule has 2 aromatic heterocycles. The van der Waals surface area contributed by atoms with Gasteiger partial charge in [-0.3, -0.25) is 14.4 Å². The highest BCUT2D eigenvalue weighted by Gasteiger charge is 2.32. The molecule has 2 atom stereocenters. The van der Waals surface area contributed by atoms with E-state index in [-0.39, 0.29) is 12.8 Å². The molecule has 50 heavy (non-hydrogen) atoms. The number of thiazole rings is 2. The van der Waals surface area contributed by atoms with Crippen molar-refractivity contribution in [1.29, 1.82) is 0 Å². The van der Waals surface area contributed by atoms with Crippen LogP contribution in [0.4, 0.5) is 11.4 Å². The fraction of sp³-hybridized carbons (Fsp3) is 0.194. The van der Waals surface area contributed by atoms with Gasteiger partial charge in [-0.05, 0) is 53.9 Å². The lowest BCUT2D eigenvalue weighted by atomic mass is 10.0. The molecule has 14 heteroatoms. The minimum atomic E-state index is -4.37. The normalized spacial score (nSPS) is 12.8. The zero-order chi connectivity index (χ0) is 35.3. The molecule has 6 aromatic rings. The van der Waals surface area contributed by atoms with Gasteiger partial charge in [0, 0.05) is 31.9 Å². The van der Waals surface area contributed by atoms with Crippen LogP contribution in [-0.4, -0.2) is 68.0 Å². The summed E-state index contributed by atoms with van der Waals surface area (Å²) >= 11 is 2.96. The zero-order valence-electron chi connectivity index (χ0n) is 27.2. The monoisotopic (exact) mass is 726 g/mol. The molecule has 0 aliphatic carbocycles. The van der Waals surface area contributed by atoms with Crippen LogP contribution >= 0.6 is 22.7 Å². The lowest BCUT2D eigenvalue weighted by Crippen LogP contribution is -2.53. The Labute approximate surface area is 297 Å². The van der Waals surface area contributed by atoms with Crippen molar-refractivity contribution < 1.29 is 22.8 Å². The first kappa shape index (κ1) is 34.8. The Morgan fingerprint density at radius 3 is 1.64 bits per heavy atom. The zero-order valence-corrected chi connectivity index (χ0v) is 29.7. The summed E-state index contributed by atoms with van der Waals surface area (Å²) in [5.74, 6) is -2.82. The second-order valence-electron chi connectivity index (χ2n) is 11.7. The van der Waals surface area contributed by atoms with E-state index in [0.29, 0.717) is 11.4 Å². The molecule has 0 aliphatic rings. The quantitative estimate of drug-likeness (QED) is 0.174. The average Bonchev–Trinajstić information content (AvgIpc) is 3.79. The number of hydrogen-bond acceptors (Lipinski definition) is 9. The third-order valence-electron chi connectivity index (χ3n) is 8.20. The molecule has 0 fully saturated rings. The van der Waals surface area contributed by atoms with Gasteiger partial charge >= 0.3 is 0 Å². The second-order valence-corrected chi connectivity index (χ2v) is 15.3. The molecule has 1 unspecified atom stereocenters. The van der Waals surface area contributed by atoms with Gasteiger partial charge in [0.05, 0.1) is 31.5 Å². The van der Waals surface area contributed by atoms with E-state index in [1.165, 1.54) is 32.5 Å². The number of likely N-dealkylation sites (N-methyl/N-ethyl adjacent to an activating group) is 2. The van der Waals surface area contributed by atoms with Gasteiger partial charge in [-0.2, -0.15) is 0 Å². The van der Waals surface area contributed by atoms with Crippen LogP contribution in [-0.2, 0) is 37.2 Å². The Kier molecular flexibility index (Phi) is 10.6. The lowest BCUT2D eigenvalue weighted by molar-refractivity contribution is -0.126. The minimum Gasteiger partial charge on any atom is -0.343 e. The number of sulfonamides is 1. The predicted molar refractivity (Wildman–Crippen MR) is 199 cm³/mol. The van der Waals surface area contributed by atoms with Crippen LogP contribution in [0.15, 0.2) is 108 Å². The molecule has 0 saturated carbocycles. The van der Waals surface area contributed by atoms with Gasteiger partial charge in [0.1, 0.15) is 17.8 Å². The van der Waals surface area contributed by atoms with Gasteiger partial charge in [-0.1, -0.05) is 60.7 Å². The summed E-state index contributed by atoms with van der Waals surface area (Å²) in [6, 6.07) is 26.7. The number of carbonyl (C=O) groups excluding carboxylic acids is 3. The summed E-state index contributed by atoms with van der Waals surface area (Å²) in [5.41, 5.74) is 7.53. The highest BCUT2D eigenvalue weighted by Crippen LogP contribution is 2.25. The van der Waals surface area contributed by atoms with Gasteiger partial charge in [-0.25, -0.2) is 23.1 Å². The predicted octanol–water partition coefficient (Wildman–Crippen LogP) is 4.79. The number of nitrogens with zero attached hydrogens (tertiary/aromatic N) is 4. The van der Waals surface area contributed by atoms with E-state index in [1.54, 1.807) is 73.6 Å². The number of anilines is 2. The molecule has 11 nitrogen and oxygen atoms in total. The van der Waals surface area contributed by atoms with Crippen molar-refractivity contribution in [1.82, 2.24) is 20.0 Å². The summed E-state index contributed by atoms with van der Waals surface area (Å²) < 4.78 is 31.5. The van der Waals surface area contributed by atoms with Crippen LogP contribution in [0.5, 0.6) is 0 Å². The number of amides is 3. The maximum absolute atomic E-state index is 13.9. The number of nitrogens with one attached hydrogen (secondary N) is 2. The van der Waals surface area contributed by atoms with Crippen LogP contribution in [0.1, 0.15) is 11.1 Å². The molecule has 3 amide bonds. The maximum atomic E-state index is 13.9. The van der Waals surface area contributed by atoms with E-state index >= 15 is 0 Å². The van der Waals surface area contributed by atoms with Gasteiger partial charge in [0.15, 0.2) is 0 Å². The number of aromatic nitrogens is 2.